The Hall–Kier alpha value is 0.0969. The van der Waals surface area contributed by atoms with Crippen LogP contribution >= 0.6 is 0 Å². The minimum atomic E-state index is -1.45. The third-order valence-corrected chi connectivity index (χ3v) is 10.7. The van der Waals surface area contributed by atoms with Gasteiger partial charge in [-0.3, -0.25) is 0 Å². The van der Waals surface area contributed by atoms with Crippen molar-refractivity contribution >= 4 is 9.28 Å². The fourth-order valence-corrected chi connectivity index (χ4v) is 7.57. The maximum Gasteiger partial charge on any atom is 0.321 e. The second kappa shape index (κ2) is 30.1. The van der Waals surface area contributed by atoms with Crippen LogP contribution in [0.3, 0.4) is 0 Å². The van der Waals surface area contributed by atoms with Gasteiger partial charge in [-0.05, 0) is 52.0 Å². The van der Waals surface area contributed by atoms with Crippen LogP contribution in [0.4, 0.5) is 0 Å². The maximum absolute atomic E-state index is 5.95. The molecule has 0 heterocycles. The molecule has 0 rings (SSSR count). The summed E-state index contributed by atoms with van der Waals surface area (Å²) in [5.41, 5.74) is 0. The third-order valence-electron chi connectivity index (χ3n) is 8.45. The highest BCUT2D eigenvalue weighted by atomic mass is 28.3. The molecular weight excluding hydrogens is 482 g/mol. The molecule has 0 aliphatic heterocycles. The van der Waals surface area contributed by atoms with Crippen LogP contribution in [0.25, 0.3) is 0 Å². The zero-order valence-electron chi connectivity index (χ0n) is 27.3. The van der Waals surface area contributed by atoms with Crippen LogP contribution in [0.5, 0.6) is 0 Å². The van der Waals surface area contributed by atoms with E-state index in [0.29, 0.717) is 0 Å². The molecule has 0 N–H and O–H groups in total. The number of hydrogen-bond donors (Lipinski definition) is 0. The highest BCUT2D eigenvalue weighted by Crippen LogP contribution is 2.17. The van der Waals surface area contributed by atoms with Crippen LogP contribution in [-0.4, -0.2) is 53.7 Å². The summed E-state index contributed by atoms with van der Waals surface area (Å²) in [6.07, 6.45) is 32.9. The summed E-state index contributed by atoms with van der Waals surface area (Å²) in [7, 11) is 1.09. The van der Waals surface area contributed by atoms with E-state index in [2.05, 4.69) is 34.7 Å². The molecule has 230 valence electrons. The predicted octanol–water partition coefficient (Wildman–Crippen LogP) is 10.7. The van der Waals surface area contributed by atoms with E-state index >= 15 is 0 Å². The molecule has 0 aromatic heterocycles. The second-order valence-corrected chi connectivity index (χ2v) is 14.4. The van der Waals surface area contributed by atoms with Gasteiger partial charge in [0.2, 0.25) is 0 Å². The lowest BCUT2D eigenvalue weighted by Crippen LogP contribution is -2.46. The van der Waals surface area contributed by atoms with E-state index in [1.165, 1.54) is 178 Å². The van der Waals surface area contributed by atoms with Gasteiger partial charge in [0.25, 0.3) is 0 Å². The summed E-state index contributed by atoms with van der Waals surface area (Å²) < 4.78 is 13.2. The van der Waals surface area contributed by atoms with Crippen molar-refractivity contribution < 1.29 is 13.3 Å². The van der Waals surface area contributed by atoms with Crippen molar-refractivity contribution in [3.05, 3.63) is 0 Å². The molecule has 0 amide bonds. The maximum atomic E-state index is 5.95. The molecular formula is C34H74NO2Si+. The van der Waals surface area contributed by atoms with Crippen LogP contribution in [0.15, 0.2) is 0 Å². The minimum Gasteiger partial charge on any atom is -0.397 e. The standard InChI is InChI=1S/C34H74NO2Si/c1-6-10-12-14-16-18-20-21-23-25-27-29-32-35(5,33-30-34-38(36-8-3)37-9-4)31-28-26-24-22-19-17-15-13-11-7-2/h38H,6-34H2,1-5H3/q+1. The smallest absolute Gasteiger partial charge is 0.321 e. The summed E-state index contributed by atoms with van der Waals surface area (Å²) in [6.45, 7) is 14.5. The largest absolute Gasteiger partial charge is 0.397 e. The summed E-state index contributed by atoms with van der Waals surface area (Å²) >= 11 is 0. The Kier molecular flexibility index (Phi) is 30.1. The van der Waals surface area contributed by atoms with E-state index in [4.69, 9.17) is 8.85 Å². The number of rotatable bonds is 32. The molecule has 1 unspecified atom stereocenters. The van der Waals surface area contributed by atoms with Gasteiger partial charge in [0.15, 0.2) is 0 Å². The molecule has 0 aliphatic carbocycles. The lowest BCUT2D eigenvalue weighted by molar-refractivity contribution is -0.910. The first-order chi connectivity index (χ1) is 18.6. The van der Waals surface area contributed by atoms with Crippen molar-refractivity contribution in [2.45, 2.75) is 181 Å². The van der Waals surface area contributed by atoms with Gasteiger partial charge in [0.1, 0.15) is 0 Å². The highest BCUT2D eigenvalue weighted by molar-refractivity contribution is 6.44. The molecule has 0 aromatic rings. The Labute approximate surface area is 243 Å². The molecule has 1 atom stereocenters. The number of hydrogen-bond acceptors (Lipinski definition) is 2. The van der Waals surface area contributed by atoms with Gasteiger partial charge in [-0.25, -0.2) is 0 Å². The Morgan fingerprint density at radius 1 is 0.395 bits per heavy atom. The Morgan fingerprint density at radius 2 is 0.684 bits per heavy atom. The second-order valence-electron chi connectivity index (χ2n) is 12.3. The van der Waals surface area contributed by atoms with Crippen molar-refractivity contribution in [2.24, 2.45) is 0 Å². The molecule has 0 spiro atoms. The molecule has 0 fully saturated rings. The number of nitrogens with zero attached hydrogens (tertiary/aromatic N) is 1. The van der Waals surface area contributed by atoms with E-state index in [1.54, 1.807) is 0 Å². The number of quaternary nitrogens is 1. The molecule has 0 saturated carbocycles. The van der Waals surface area contributed by atoms with Gasteiger partial charge in [-0.1, -0.05) is 129 Å². The van der Waals surface area contributed by atoms with Crippen molar-refractivity contribution in [3.63, 3.8) is 0 Å². The number of unbranched alkanes of at least 4 members (excludes halogenated alkanes) is 20. The first-order valence-corrected chi connectivity index (χ1v) is 19.4. The van der Waals surface area contributed by atoms with Gasteiger partial charge in [0, 0.05) is 13.2 Å². The van der Waals surface area contributed by atoms with Gasteiger partial charge in [0.05, 0.1) is 26.7 Å². The Balaban J connectivity index is 4.19. The SMILES string of the molecule is CCCCCCCCCCCCCC[N+](C)(CCCCCCCCCCCC)CCC[SiH](OCC)OCC. The molecule has 0 bridgehead atoms. The van der Waals surface area contributed by atoms with Crippen LogP contribution in [0.1, 0.15) is 175 Å². The van der Waals surface area contributed by atoms with Crippen LogP contribution < -0.4 is 0 Å². The predicted molar refractivity (Wildman–Crippen MR) is 174 cm³/mol. The van der Waals surface area contributed by atoms with E-state index in [9.17, 15) is 0 Å². The minimum absolute atomic E-state index is 0.806. The fourth-order valence-electron chi connectivity index (χ4n) is 5.88. The lowest BCUT2D eigenvalue weighted by Gasteiger charge is -2.35. The molecule has 3 nitrogen and oxygen atoms in total. The molecule has 0 aliphatic rings. The van der Waals surface area contributed by atoms with Crippen LogP contribution in [-0.2, 0) is 8.85 Å². The molecule has 38 heavy (non-hydrogen) atoms. The summed E-state index contributed by atoms with van der Waals surface area (Å²) in [5, 5.41) is 0. The summed E-state index contributed by atoms with van der Waals surface area (Å²) in [6, 6.07) is 1.17. The molecule has 0 saturated heterocycles. The third kappa shape index (κ3) is 26.3. The highest BCUT2D eigenvalue weighted by Gasteiger charge is 2.22. The van der Waals surface area contributed by atoms with Crippen LogP contribution in [0.2, 0.25) is 6.04 Å². The zero-order chi connectivity index (χ0) is 28.0. The Morgan fingerprint density at radius 3 is 1.00 bits per heavy atom. The average Bonchev–Trinajstić information content (AvgIpc) is 2.91. The van der Waals surface area contributed by atoms with E-state index < -0.39 is 9.28 Å². The van der Waals surface area contributed by atoms with Crippen LogP contribution in [0, 0.1) is 0 Å². The monoisotopic (exact) mass is 557 g/mol. The normalized spacial score (nSPS) is 13.4. The quantitative estimate of drug-likeness (QED) is 0.0466. The lowest BCUT2D eigenvalue weighted by atomic mass is 10.0. The summed E-state index contributed by atoms with van der Waals surface area (Å²) in [4.78, 5) is 0. The Bertz CT molecular complexity index is 444. The molecule has 4 heteroatoms. The van der Waals surface area contributed by atoms with E-state index in [0.717, 1.165) is 13.2 Å². The van der Waals surface area contributed by atoms with Crippen molar-refractivity contribution in [1.82, 2.24) is 0 Å². The molecule has 0 aromatic carbocycles. The van der Waals surface area contributed by atoms with Gasteiger partial charge >= 0.3 is 9.28 Å². The first kappa shape index (κ1) is 38.1. The summed E-state index contributed by atoms with van der Waals surface area (Å²) in [5.74, 6) is 0. The molecule has 0 radical (unpaired) electrons. The van der Waals surface area contributed by atoms with Crippen molar-refractivity contribution in [2.75, 3.05) is 39.9 Å². The van der Waals surface area contributed by atoms with Gasteiger partial charge in [-0.2, -0.15) is 0 Å². The van der Waals surface area contributed by atoms with Gasteiger partial charge in [-0.15, -0.1) is 0 Å². The van der Waals surface area contributed by atoms with E-state index in [-0.39, 0.29) is 0 Å². The van der Waals surface area contributed by atoms with Crippen molar-refractivity contribution in [1.29, 1.82) is 0 Å². The van der Waals surface area contributed by atoms with E-state index in [1.807, 2.05) is 0 Å². The fraction of sp³-hybridized carbons (Fsp3) is 1.00. The first-order valence-electron chi connectivity index (χ1n) is 17.7. The van der Waals surface area contributed by atoms with Gasteiger partial charge < -0.3 is 13.3 Å². The zero-order valence-corrected chi connectivity index (χ0v) is 28.5. The topological polar surface area (TPSA) is 18.5 Å². The average molecular weight is 557 g/mol. The van der Waals surface area contributed by atoms with Crippen molar-refractivity contribution in [3.8, 4) is 0 Å².